The lowest BCUT2D eigenvalue weighted by atomic mass is 9.93. The van der Waals surface area contributed by atoms with Crippen molar-refractivity contribution < 1.29 is 0 Å². The van der Waals surface area contributed by atoms with Gasteiger partial charge >= 0.3 is 0 Å². The van der Waals surface area contributed by atoms with Crippen molar-refractivity contribution in [1.82, 2.24) is 9.80 Å². The van der Waals surface area contributed by atoms with Crippen LogP contribution in [0.3, 0.4) is 0 Å². The fraction of sp³-hybridized carbons (Fsp3) is 0.926. The van der Waals surface area contributed by atoms with Crippen molar-refractivity contribution in [3.8, 4) is 0 Å². The number of nitrogens with zero attached hydrogens (tertiary/aromatic N) is 2. The maximum atomic E-state index is 4.18. The van der Waals surface area contributed by atoms with Crippen LogP contribution < -0.4 is 0 Å². The van der Waals surface area contributed by atoms with Gasteiger partial charge in [-0.2, -0.15) is 0 Å². The molecule has 0 amide bonds. The first-order valence-electron chi connectivity index (χ1n) is 12.8. The van der Waals surface area contributed by atoms with Gasteiger partial charge in [0.25, 0.3) is 0 Å². The highest BCUT2D eigenvalue weighted by Crippen LogP contribution is 2.27. The fourth-order valence-corrected chi connectivity index (χ4v) is 5.13. The molecule has 0 aliphatic carbocycles. The molecule has 0 aromatic rings. The van der Waals surface area contributed by atoms with E-state index in [4.69, 9.17) is 0 Å². The third-order valence-corrected chi connectivity index (χ3v) is 6.38. The molecule has 0 N–H and O–H groups in total. The maximum Gasteiger partial charge on any atom is 0.0631 e. The second-order valence-electron chi connectivity index (χ2n) is 10.2. The largest absolute Gasteiger partial charge is 0.283 e. The van der Waals surface area contributed by atoms with Crippen LogP contribution >= 0.6 is 0 Å². The maximum absolute atomic E-state index is 4.18. The summed E-state index contributed by atoms with van der Waals surface area (Å²) in [6.07, 6.45) is 16.3. The first kappa shape index (κ1) is 28.7. The molecular weight excluding hydrogens is 352 g/mol. The lowest BCUT2D eigenvalue weighted by Gasteiger charge is -2.48. The van der Waals surface area contributed by atoms with Crippen molar-refractivity contribution in [3.63, 3.8) is 0 Å². The Hall–Kier alpha value is -0.340. The van der Waals surface area contributed by atoms with Crippen molar-refractivity contribution in [2.24, 2.45) is 5.92 Å². The van der Waals surface area contributed by atoms with Crippen molar-refractivity contribution in [3.05, 3.63) is 12.7 Å². The van der Waals surface area contributed by atoms with Gasteiger partial charge in [-0.1, -0.05) is 57.9 Å². The first-order chi connectivity index (χ1) is 13.7. The van der Waals surface area contributed by atoms with Gasteiger partial charge in [-0.15, -0.1) is 6.58 Å². The fourth-order valence-electron chi connectivity index (χ4n) is 5.13. The van der Waals surface area contributed by atoms with Gasteiger partial charge in [0.15, 0.2) is 0 Å². The van der Waals surface area contributed by atoms with E-state index in [1.807, 2.05) is 0 Å². The summed E-state index contributed by atoms with van der Waals surface area (Å²) in [5.41, 5.74) is 0. The topological polar surface area (TPSA) is 6.48 Å². The molecule has 0 saturated carbocycles. The predicted octanol–water partition coefficient (Wildman–Crippen LogP) is 8.27. The Morgan fingerprint density at radius 3 is 1.38 bits per heavy atom. The van der Waals surface area contributed by atoms with Crippen LogP contribution in [0.5, 0.6) is 0 Å². The van der Waals surface area contributed by atoms with Crippen molar-refractivity contribution >= 4 is 0 Å². The van der Waals surface area contributed by atoms with E-state index in [0.29, 0.717) is 36.3 Å². The quantitative estimate of drug-likeness (QED) is 0.128. The lowest BCUT2D eigenvalue weighted by Crippen LogP contribution is -2.58. The minimum Gasteiger partial charge on any atom is -0.283 e. The highest BCUT2D eigenvalue weighted by molar-refractivity contribution is 4.86. The van der Waals surface area contributed by atoms with E-state index in [-0.39, 0.29) is 0 Å². The molecule has 0 aromatic carbocycles. The SMILES string of the molecule is C=CC(CCCCCCCCC)CCC(N(C(C)C)C(C)C)N(C(C)C)C(C)C. The van der Waals surface area contributed by atoms with Gasteiger partial charge in [0.2, 0.25) is 0 Å². The number of rotatable bonds is 18. The molecule has 0 aliphatic heterocycles. The number of allylic oxidation sites excluding steroid dienone is 1. The molecular formula is C27H56N2. The first-order valence-corrected chi connectivity index (χ1v) is 12.8. The number of hydrogen-bond acceptors (Lipinski definition) is 2. The summed E-state index contributed by atoms with van der Waals surface area (Å²) < 4.78 is 0. The van der Waals surface area contributed by atoms with Crippen molar-refractivity contribution in [2.45, 2.75) is 157 Å². The van der Waals surface area contributed by atoms with E-state index in [1.165, 1.54) is 64.2 Å². The molecule has 174 valence electrons. The van der Waals surface area contributed by atoms with Crippen LogP contribution in [0.2, 0.25) is 0 Å². The minimum atomic E-state index is 0.506. The Kier molecular flexibility index (Phi) is 16.2. The summed E-state index contributed by atoms with van der Waals surface area (Å²) in [6.45, 7) is 25.3. The summed E-state index contributed by atoms with van der Waals surface area (Å²) in [7, 11) is 0. The smallest absolute Gasteiger partial charge is 0.0631 e. The van der Waals surface area contributed by atoms with Crippen molar-refractivity contribution in [1.29, 1.82) is 0 Å². The van der Waals surface area contributed by atoms with Crippen LogP contribution in [-0.2, 0) is 0 Å². The zero-order chi connectivity index (χ0) is 22.4. The van der Waals surface area contributed by atoms with Crippen LogP contribution in [-0.4, -0.2) is 40.1 Å². The van der Waals surface area contributed by atoms with Gasteiger partial charge in [-0.3, -0.25) is 9.80 Å². The van der Waals surface area contributed by atoms with Gasteiger partial charge in [-0.05, 0) is 80.6 Å². The van der Waals surface area contributed by atoms with E-state index in [2.05, 4.69) is 84.8 Å². The third kappa shape index (κ3) is 11.6. The van der Waals surface area contributed by atoms with Crippen LogP contribution in [0, 0.1) is 5.92 Å². The van der Waals surface area contributed by atoms with Gasteiger partial charge in [-0.25, -0.2) is 0 Å². The Labute approximate surface area is 185 Å². The second kappa shape index (κ2) is 16.4. The number of hydrogen-bond donors (Lipinski definition) is 0. The Morgan fingerprint density at radius 2 is 1.00 bits per heavy atom. The standard InChI is InChI=1S/C27H56N2/c1-11-13-14-15-16-17-18-19-26(12-2)20-21-27(28(22(3)4)23(5)6)29(24(7)8)25(9)10/h12,22-27H,2,11,13-21H2,1,3-10H3. The second-order valence-corrected chi connectivity index (χ2v) is 10.2. The summed E-state index contributed by atoms with van der Waals surface area (Å²) in [4.78, 5) is 5.46. The zero-order valence-electron chi connectivity index (χ0n) is 21.7. The normalized spacial score (nSPS) is 13.8. The molecule has 0 aromatic heterocycles. The number of unbranched alkanes of at least 4 members (excludes halogenated alkanes) is 6. The summed E-state index contributed by atoms with van der Waals surface area (Å²) >= 11 is 0. The summed E-state index contributed by atoms with van der Waals surface area (Å²) in [5, 5.41) is 0. The molecule has 0 bridgehead atoms. The molecule has 0 saturated heterocycles. The Bertz CT molecular complexity index is 350. The molecule has 1 atom stereocenters. The molecule has 2 heteroatoms. The van der Waals surface area contributed by atoms with Gasteiger partial charge in [0, 0.05) is 24.2 Å². The highest BCUT2D eigenvalue weighted by Gasteiger charge is 2.32. The van der Waals surface area contributed by atoms with Crippen LogP contribution in [0.15, 0.2) is 12.7 Å². The summed E-state index contributed by atoms with van der Waals surface area (Å²) in [6, 6.07) is 2.24. The minimum absolute atomic E-state index is 0.506. The molecule has 0 rings (SSSR count). The highest BCUT2D eigenvalue weighted by atomic mass is 15.4. The molecule has 2 nitrogen and oxygen atoms in total. The monoisotopic (exact) mass is 408 g/mol. The van der Waals surface area contributed by atoms with Crippen LogP contribution in [0.25, 0.3) is 0 Å². The molecule has 0 fully saturated rings. The molecule has 29 heavy (non-hydrogen) atoms. The molecule has 0 heterocycles. The lowest BCUT2D eigenvalue weighted by molar-refractivity contribution is -0.0415. The van der Waals surface area contributed by atoms with Gasteiger partial charge in [0.05, 0.1) is 6.17 Å². The third-order valence-electron chi connectivity index (χ3n) is 6.38. The van der Waals surface area contributed by atoms with Crippen LogP contribution in [0.4, 0.5) is 0 Å². The van der Waals surface area contributed by atoms with E-state index >= 15 is 0 Å². The van der Waals surface area contributed by atoms with Gasteiger partial charge in [0.1, 0.15) is 0 Å². The van der Waals surface area contributed by atoms with E-state index in [9.17, 15) is 0 Å². The average Bonchev–Trinajstić information content (AvgIpc) is 2.61. The Balaban J connectivity index is 4.89. The molecule has 0 radical (unpaired) electrons. The average molecular weight is 409 g/mol. The Morgan fingerprint density at radius 1 is 0.586 bits per heavy atom. The molecule has 0 spiro atoms. The predicted molar refractivity (Wildman–Crippen MR) is 134 cm³/mol. The summed E-state index contributed by atoms with van der Waals surface area (Å²) in [5.74, 6) is 0.662. The molecule has 1 unspecified atom stereocenters. The van der Waals surface area contributed by atoms with Crippen LogP contribution in [0.1, 0.15) is 127 Å². The van der Waals surface area contributed by atoms with E-state index < -0.39 is 0 Å². The molecule has 0 aliphatic rings. The van der Waals surface area contributed by atoms with Gasteiger partial charge < -0.3 is 0 Å². The van der Waals surface area contributed by atoms with Crippen molar-refractivity contribution in [2.75, 3.05) is 0 Å². The van der Waals surface area contributed by atoms with E-state index in [1.54, 1.807) is 0 Å². The zero-order valence-corrected chi connectivity index (χ0v) is 21.7. The van der Waals surface area contributed by atoms with E-state index in [0.717, 1.165) is 0 Å².